The van der Waals surface area contributed by atoms with Crippen molar-refractivity contribution in [3.63, 3.8) is 0 Å². The monoisotopic (exact) mass is 268 g/mol. The van der Waals surface area contributed by atoms with Gasteiger partial charge in [-0.05, 0) is 6.92 Å². The molecule has 0 saturated carbocycles. The number of hydrogen-bond donors (Lipinski definition) is 2. The lowest BCUT2D eigenvalue weighted by Crippen LogP contribution is -2.06. The normalized spacial score (nSPS) is 10.5. The molecule has 2 N–H and O–H groups in total. The van der Waals surface area contributed by atoms with E-state index in [0.29, 0.717) is 12.1 Å². The molecule has 0 amide bonds. The van der Waals surface area contributed by atoms with Crippen LogP contribution in [0.25, 0.3) is 0 Å². The summed E-state index contributed by atoms with van der Waals surface area (Å²) in [5, 5.41) is 19.8. The van der Waals surface area contributed by atoms with Crippen LogP contribution < -0.4 is 5.32 Å². The minimum absolute atomic E-state index is 0.145. The lowest BCUT2D eigenvalue weighted by atomic mass is 10.2. The number of hydrogen-bond acceptors (Lipinski definition) is 4. The predicted octanol–water partition coefficient (Wildman–Crippen LogP) is 2.52. The van der Waals surface area contributed by atoms with E-state index in [4.69, 9.17) is 0 Å². The smallest absolute Gasteiger partial charge is 0.298 e. The van der Waals surface area contributed by atoms with Gasteiger partial charge in [0.2, 0.25) is 0 Å². The molecule has 2 aromatic rings. The molecule has 6 nitrogen and oxygen atoms in total. The largest absolute Gasteiger partial charge is 0.373 e. The Kier molecular flexibility index (Phi) is 3.41. The second kappa shape index (κ2) is 5.01. The summed E-state index contributed by atoms with van der Waals surface area (Å²) in [6.07, 6.45) is 1.52. The molecule has 1 aromatic carbocycles. The van der Waals surface area contributed by atoms with Gasteiger partial charge in [-0.3, -0.25) is 15.2 Å². The Balaban J connectivity index is 2.29. The van der Waals surface area contributed by atoms with Crippen molar-refractivity contribution in [1.82, 2.24) is 10.2 Å². The molecule has 0 aliphatic carbocycles. The van der Waals surface area contributed by atoms with E-state index in [-0.39, 0.29) is 12.2 Å². The third kappa shape index (κ3) is 2.67. The first-order valence-corrected chi connectivity index (χ1v) is 5.35. The molecule has 0 aliphatic rings. The highest BCUT2D eigenvalue weighted by Crippen LogP contribution is 2.29. The molecule has 0 aliphatic heterocycles. The minimum atomic E-state index is -1.01. The van der Waals surface area contributed by atoms with Gasteiger partial charge >= 0.3 is 0 Å². The van der Waals surface area contributed by atoms with Gasteiger partial charge in [0.1, 0.15) is 11.5 Å². The standard InChI is InChI=1S/C11H10F2N4O2/c1-6-7(5-15-16-6)4-14-11-9(13)2-8(12)3-10(11)17(18)19/h2-3,5,14H,4H2,1H3,(H,15,16). The van der Waals surface area contributed by atoms with Crippen LogP contribution in [0.2, 0.25) is 0 Å². The molecule has 19 heavy (non-hydrogen) atoms. The number of nitro groups is 1. The Morgan fingerprint density at radius 2 is 2.21 bits per heavy atom. The molecule has 0 bridgehead atoms. The van der Waals surface area contributed by atoms with Gasteiger partial charge in [-0.15, -0.1) is 0 Å². The van der Waals surface area contributed by atoms with Crippen LogP contribution in [0.1, 0.15) is 11.3 Å². The molecule has 0 fully saturated rings. The number of nitrogens with one attached hydrogen (secondary N) is 2. The summed E-state index contributed by atoms with van der Waals surface area (Å²) in [6, 6.07) is 1.27. The van der Waals surface area contributed by atoms with Crippen LogP contribution in [0.5, 0.6) is 0 Å². The van der Waals surface area contributed by atoms with Gasteiger partial charge in [-0.25, -0.2) is 8.78 Å². The Morgan fingerprint density at radius 3 is 2.79 bits per heavy atom. The summed E-state index contributed by atoms with van der Waals surface area (Å²) in [4.78, 5) is 9.93. The molecule has 100 valence electrons. The molecule has 0 saturated heterocycles. The highest BCUT2D eigenvalue weighted by Gasteiger charge is 2.20. The summed E-state index contributed by atoms with van der Waals surface area (Å²) in [6.45, 7) is 1.91. The van der Waals surface area contributed by atoms with Crippen LogP contribution in [0.4, 0.5) is 20.2 Å². The lowest BCUT2D eigenvalue weighted by Gasteiger charge is -2.07. The van der Waals surface area contributed by atoms with Gasteiger partial charge in [-0.1, -0.05) is 0 Å². The fourth-order valence-corrected chi connectivity index (χ4v) is 1.62. The molecule has 1 heterocycles. The second-order valence-electron chi connectivity index (χ2n) is 3.91. The summed E-state index contributed by atoms with van der Waals surface area (Å²) in [5.74, 6) is -2.00. The first-order valence-electron chi connectivity index (χ1n) is 5.35. The van der Waals surface area contributed by atoms with Crippen LogP contribution in [0.15, 0.2) is 18.3 Å². The maximum Gasteiger partial charge on any atom is 0.298 e. The van der Waals surface area contributed by atoms with Gasteiger partial charge in [0.25, 0.3) is 5.69 Å². The Labute approximate surface area is 106 Å². The number of aromatic nitrogens is 2. The van der Waals surface area contributed by atoms with E-state index >= 15 is 0 Å². The van der Waals surface area contributed by atoms with Crippen LogP contribution in [0.3, 0.4) is 0 Å². The third-order valence-corrected chi connectivity index (χ3v) is 2.62. The van der Waals surface area contributed by atoms with Gasteiger partial charge in [0.15, 0.2) is 5.82 Å². The van der Waals surface area contributed by atoms with E-state index in [9.17, 15) is 18.9 Å². The van der Waals surface area contributed by atoms with Gasteiger partial charge in [0.05, 0.1) is 17.2 Å². The number of nitro benzene ring substituents is 1. The summed E-state index contributed by atoms with van der Waals surface area (Å²) in [5.41, 5.74) is 0.515. The Hall–Kier alpha value is -2.51. The molecular weight excluding hydrogens is 258 g/mol. The fourth-order valence-electron chi connectivity index (χ4n) is 1.62. The second-order valence-corrected chi connectivity index (χ2v) is 3.91. The van der Waals surface area contributed by atoms with E-state index in [0.717, 1.165) is 11.3 Å². The topological polar surface area (TPSA) is 83.8 Å². The van der Waals surface area contributed by atoms with Crippen molar-refractivity contribution in [2.24, 2.45) is 0 Å². The van der Waals surface area contributed by atoms with Gasteiger partial charge in [0, 0.05) is 23.9 Å². The van der Waals surface area contributed by atoms with Crippen LogP contribution >= 0.6 is 0 Å². The zero-order valence-electron chi connectivity index (χ0n) is 9.91. The van der Waals surface area contributed by atoms with Gasteiger partial charge < -0.3 is 5.32 Å². The van der Waals surface area contributed by atoms with Crippen molar-refractivity contribution in [1.29, 1.82) is 0 Å². The van der Waals surface area contributed by atoms with Crippen molar-refractivity contribution in [2.75, 3.05) is 5.32 Å². The number of aromatic amines is 1. The number of benzene rings is 1. The lowest BCUT2D eigenvalue weighted by molar-refractivity contribution is -0.384. The van der Waals surface area contributed by atoms with E-state index in [1.807, 2.05) is 0 Å². The third-order valence-electron chi connectivity index (χ3n) is 2.62. The SMILES string of the molecule is Cc1[nH]ncc1CNc1c(F)cc(F)cc1[N+](=O)[O-]. The summed E-state index contributed by atoms with van der Waals surface area (Å²) >= 11 is 0. The molecule has 0 atom stereocenters. The molecule has 0 unspecified atom stereocenters. The molecule has 1 aromatic heterocycles. The maximum absolute atomic E-state index is 13.6. The summed E-state index contributed by atoms with van der Waals surface area (Å²) < 4.78 is 26.5. The Morgan fingerprint density at radius 1 is 1.47 bits per heavy atom. The molecule has 0 radical (unpaired) electrons. The van der Waals surface area contributed by atoms with Crippen molar-refractivity contribution in [3.05, 3.63) is 51.3 Å². The van der Waals surface area contributed by atoms with Crippen molar-refractivity contribution < 1.29 is 13.7 Å². The summed E-state index contributed by atoms with van der Waals surface area (Å²) in [7, 11) is 0. The van der Waals surface area contributed by atoms with Crippen LogP contribution in [-0.2, 0) is 6.54 Å². The van der Waals surface area contributed by atoms with E-state index in [2.05, 4.69) is 15.5 Å². The van der Waals surface area contributed by atoms with E-state index < -0.39 is 22.2 Å². The minimum Gasteiger partial charge on any atom is -0.373 e. The quantitative estimate of drug-likeness (QED) is 0.659. The molecule has 0 spiro atoms. The number of anilines is 1. The number of rotatable bonds is 4. The van der Waals surface area contributed by atoms with Crippen molar-refractivity contribution in [3.8, 4) is 0 Å². The van der Waals surface area contributed by atoms with E-state index in [1.54, 1.807) is 6.92 Å². The number of halogens is 2. The first kappa shape index (κ1) is 12.9. The molecule has 8 heteroatoms. The van der Waals surface area contributed by atoms with Crippen LogP contribution in [0, 0.1) is 28.7 Å². The van der Waals surface area contributed by atoms with Crippen molar-refractivity contribution >= 4 is 11.4 Å². The average Bonchev–Trinajstić information content (AvgIpc) is 2.73. The fraction of sp³-hybridized carbons (Fsp3) is 0.182. The highest BCUT2D eigenvalue weighted by atomic mass is 19.1. The Bertz CT molecular complexity index is 627. The zero-order valence-corrected chi connectivity index (χ0v) is 9.91. The highest BCUT2D eigenvalue weighted by molar-refractivity contribution is 5.62. The molecule has 2 rings (SSSR count). The number of nitrogens with zero attached hydrogens (tertiary/aromatic N) is 2. The predicted molar refractivity (Wildman–Crippen MR) is 63.7 cm³/mol. The first-order chi connectivity index (χ1) is 8.99. The van der Waals surface area contributed by atoms with Gasteiger partial charge in [-0.2, -0.15) is 5.10 Å². The number of H-pyrrole nitrogens is 1. The van der Waals surface area contributed by atoms with Crippen LogP contribution in [-0.4, -0.2) is 15.1 Å². The average molecular weight is 268 g/mol. The molecular formula is C11H10F2N4O2. The van der Waals surface area contributed by atoms with E-state index in [1.165, 1.54) is 6.20 Å². The van der Waals surface area contributed by atoms with Crippen molar-refractivity contribution in [2.45, 2.75) is 13.5 Å². The maximum atomic E-state index is 13.6. The zero-order chi connectivity index (χ0) is 14.0. The number of aryl methyl sites for hydroxylation is 1.